The zero-order chi connectivity index (χ0) is 11.1. The van der Waals surface area contributed by atoms with Crippen molar-refractivity contribution in [2.45, 2.75) is 32.1 Å². The van der Waals surface area contributed by atoms with Gasteiger partial charge in [-0.25, -0.2) is 4.79 Å². The summed E-state index contributed by atoms with van der Waals surface area (Å²) in [6.45, 7) is 7.55. The average molecular weight is 217 g/mol. The Bertz CT molecular complexity index is 244. The van der Waals surface area contributed by atoms with E-state index in [1.54, 1.807) is 0 Å². The highest BCUT2D eigenvalue weighted by molar-refractivity contribution is 6.22. The topological polar surface area (TPSA) is 26.3 Å². The fourth-order valence-electron chi connectivity index (χ4n) is 0.933. The van der Waals surface area contributed by atoms with Crippen LogP contribution in [0.5, 0.6) is 0 Å². The average Bonchev–Trinajstić information content (AvgIpc) is 2.13. The van der Waals surface area contributed by atoms with Crippen molar-refractivity contribution >= 4 is 17.6 Å². The van der Waals surface area contributed by atoms with Crippen LogP contribution in [0.25, 0.3) is 0 Å². The van der Waals surface area contributed by atoms with Crippen LogP contribution in [0, 0.1) is 0 Å². The molecule has 3 heteroatoms. The van der Waals surface area contributed by atoms with E-state index in [4.69, 9.17) is 11.6 Å². The van der Waals surface area contributed by atoms with E-state index in [1.165, 1.54) is 13.2 Å². The van der Waals surface area contributed by atoms with Gasteiger partial charge in [0, 0.05) is 6.08 Å². The quantitative estimate of drug-likeness (QED) is 0.306. The summed E-state index contributed by atoms with van der Waals surface area (Å²) < 4.78 is 4.51. The number of halogens is 1. The maximum absolute atomic E-state index is 10.9. The lowest BCUT2D eigenvalue weighted by Gasteiger charge is -2.08. The number of carbonyl (C=O) groups excluding carboxylic acids is 1. The minimum atomic E-state index is -0.316. The maximum atomic E-state index is 10.9. The van der Waals surface area contributed by atoms with Crippen molar-refractivity contribution in [3.8, 4) is 0 Å². The third kappa shape index (κ3) is 5.81. The molecule has 0 aliphatic heterocycles. The summed E-state index contributed by atoms with van der Waals surface area (Å²) >= 11 is 5.99. The van der Waals surface area contributed by atoms with Crippen LogP contribution in [0.2, 0.25) is 0 Å². The third-order valence-electron chi connectivity index (χ3n) is 1.89. The lowest BCUT2D eigenvalue weighted by molar-refractivity contribution is -0.134. The summed E-state index contributed by atoms with van der Waals surface area (Å²) in [4.78, 5) is 10.9. The number of hydrogen-bond donors (Lipinski definition) is 0. The summed E-state index contributed by atoms with van der Waals surface area (Å²) in [6.07, 6.45) is 3.08. The molecule has 0 aliphatic carbocycles. The van der Waals surface area contributed by atoms with Crippen LogP contribution in [0.15, 0.2) is 23.8 Å². The smallest absolute Gasteiger partial charge is 0.330 e. The van der Waals surface area contributed by atoms with E-state index >= 15 is 0 Å². The van der Waals surface area contributed by atoms with Crippen LogP contribution in [-0.2, 0) is 9.53 Å². The molecule has 0 radical (unpaired) electrons. The minimum absolute atomic E-state index is 0.0176. The second-order valence-corrected chi connectivity index (χ2v) is 3.89. The molecule has 0 saturated heterocycles. The molecule has 80 valence electrons. The van der Waals surface area contributed by atoms with E-state index in [1.807, 2.05) is 13.8 Å². The normalized spacial score (nSPS) is 13.6. The molecule has 0 saturated carbocycles. The van der Waals surface area contributed by atoms with Gasteiger partial charge in [0.15, 0.2) is 0 Å². The van der Waals surface area contributed by atoms with Crippen molar-refractivity contribution < 1.29 is 9.53 Å². The summed E-state index contributed by atoms with van der Waals surface area (Å²) in [7, 11) is 1.37. The largest absolute Gasteiger partial charge is 0.466 e. The summed E-state index contributed by atoms with van der Waals surface area (Å²) in [5.74, 6) is -0.316. The number of alkyl halides is 1. The van der Waals surface area contributed by atoms with E-state index in [0.29, 0.717) is 0 Å². The lowest BCUT2D eigenvalue weighted by Crippen LogP contribution is -2.01. The number of carbonyl (C=O) groups is 1. The molecule has 0 fully saturated rings. The number of methoxy groups -OCH3 is 1. The van der Waals surface area contributed by atoms with Gasteiger partial charge >= 0.3 is 5.97 Å². The van der Waals surface area contributed by atoms with Gasteiger partial charge in [-0.15, -0.1) is 11.6 Å². The Morgan fingerprint density at radius 3 is 2.57 bits per heavy atom. The molecule has 0 amide bonds. The van der Waals surface area contributed by atoms with Crippen molar-refractivity contribution in [3.63, 3.8) is 0 Å². The molecule has 0 aromatic heterocycles. The van der Waals surface area contributed by atoms with Crippen LogP contribution < -0.4 is 0 Å². The van der Waals surface area contributed by atoms with Gasteiger partial charge in [0.05, 0.1) is 12.5 Å². The summed E-state index contributed by atoms with van der Waals surface area (Å²) in [6, 6.07) is 0. The van der Waals surface area contributed by atoms with Gasteiger partial charge in [-0.1, -0.05) is 17.7 Å². The fraction of sp³-hybridized carbons (Fsp3) is 0.545. The Morgan fingerprint density at radius 1 is 1.57 bits per heavy atom. The Labute approximate surface area is 90.6 Å². The minimum Gasteiger partial charge on any atom is -0.466 e. The molecule has 0 aromatic rings. The van der Waals surface area contributed by atoms with Crippen molar-refractivity contribution in [3.05, 3.63) is 23.8 Å². The van der Waals surface area contributed by atoms with Crippen LogP contribution in [0.4, 0.5) is 0 Å². The molecular formula is C11H17ClO2. The molecule has 0 spiro atoms. The number of allylic oxidation sites excluding steroid dienone is 2. The molecule has 0 heterocycles. The molecule has 0 aliphatic rings. The number of esters is 1. The van der Waals surface area contributed by atoms with Gasteiger partial charge < -0.3 is 4.74 Å². The lowest BCUT2D eigenvalue weighted by atomic mass is 10.1. The van der Waals surface area contributed by atoms with Crippen molar-refractivity contribution in [2.75, 3.05) is 7.11 Å². The van der Waals surface area contributed by atoms with Crippen LogP contribution in [0.1, 0.15) is 26.7 Å². The van der Waals surface area contributed by atoms with E-state index < -0.39 is 0 Å². The van der Waals surface area contributed by atoms with Crippen LogP contribution in [-0.4, -0.2) is 18.5 Å². The SMILES string of the molecule is C=C(C)C(Cl)CC/C(C)=C/C(=O)OC. The predicted molar refractivity (Wildman–Crippen MR) is 59.5 cm³/mol. The number of hydrogen-bond acceptors (Lipinski definition) is 2. The zero-order valence-electron chi connectivity index (χ0n) is 8.97. The molecule has 1 unspecified atom stereocenters. The first-order valence-electron chi connectivity index (χ1n) is 4.52. The zero-order valence-corrected chi connectivity index (χ0v) is 9.73. The van der Waals surface area contributed by atoms with Gasteiger partial charge in [0.1, 0.15) is 0 Å². The van der Waals surface area contributed by atoms with E-state index in [0.717, 1.165) is 24.0 Å². The predicted octanol–water partition coefficient (Wildman–Crippen LogP) is 3.07. The van der Waals surface area contributed by atoms with E-state index in [2.05, 4.69) is 11.3 Å². The van der Waals surface area contributed by atoms with Crippen molar-refractivity contribution in [1.29, 1.82) is 0 Å². The van der Waals surface area contributed by atoms with Crippen LogP contribution in [0.3, 0.4) is 0 Å². The first-order chi connectivity index (χ1) is 6.47. The second kappa shape index (κ2) is 6.66. The standard InChI is InChI=1S/C11H17ClO2/c1-8(2)10(12)6-5-9(3)7-11(13)14-4/h7,10H,1,5-6H2,2-4H3/b9-7+. The maximum Gasteiger partial charge on any atom is 0.330 e. The van der Waals surface area contributed by atoms with Crippen LogP contribution >= 0.6 is 11.6 Å². The molecule has 0 aromatic carbocycles. The highest BCUT2D eigenvalue weighted by Gasteiger charge is 2.05. The fourth-order valence-corrected chi connectivity index (χ4v) is 1.04. The molecule has 1 atom stereocenters. The van der Waals surface area contributed by atoms with Gasteiger partial charge in [-0.05, 0) is 26.7 Å². The van der Waals surface area contributed by atoms with Crippen molar-refractivity contribution in [2.24, 2.45) is 0 Å². The van der Waals surface area contributed by atoms with E-state index in [-0.39, 0.29) is 11.3 Å². The van der Waals surface area contributed by atoms with Gasteiger partial charge in [-0.3, -0.25) is 0 Å². The molecule has 0 N–H and O–H groups in total. The number of rotatable bonds is 5. The monoisotopic (exact) mass is 216 g/mol. The molecule has 0 bridgehead atoms. The highest BCUT2D eigenvalue weighted by atomic mass is 35.5. The third-order valence-corrected chi connectivity index (χ3v) is 2.48. The van der Waals surface area contributed by atoms with Gasteiger partial charge in [0.25, 0.3) is 0 Å². The Kier molecular flexibility index (Phi) is 6.30. The van der Waals surface area contributed by atoms with Gasteiger partial charge in [0.2, 0.25) is 0 Å². The Balaban J connectivity index is 3.96. The summed E-state index contributed by atoms with van der Waals surface area (Å²) in [5.41, 5.74) is 1.93. The molecular weight excluding hydrogens is 200 g/mol. The molecule has 14 heavy (non-hydrogen) atoms. The highest BCUT2D eigenvalue weighted by Crippen LogP contribution is 2.16. The number of ether oxygens (including phenoxy) is 1. The first-order valence-corrected chi connectivity index (χ1v) is 4.95. The van der Waals surface area contributed by atoms with E-state index in [9.17, 15) is 4.79 Å². The van der Waals surface area contributed by atoms with Crippen molar-refractivity contribution in [1.82, 2.24) is 0 Å². The summed E-state index contributed by atoms with van der Waals surface area (Å²) in [5, 5.41) is -0.0176. The Morgan fingerprint density at radius 2 is 2.14 bits per heavy atom. The Hall–Kier alpha value is -0.760. The molecule has 0 rings (SSSR count). The second-order valence-electron chi connectivity index (χ2n) is 3.37. The first kappa shape index (κ1) is 13.2. The van der Waals surface area contributed by atoms with Gasteiger partial charge in [-0.2, -0.15) is 0 Å². The molecule has 2 nitrogen and oxygen atoms in total.